The summed E-state index contributed by atoms with van der Waals surface area (Å²) in [4.78, 5) is 26.1. The lowest BCUT2D eigenvalue weighted by Gasteiger charge is -2.31. The molecule has 1 saturated heterocycles. The lowest BCUT2D eigenvalue weighted by atomic mass is 9.98. The number of carbonyl (C=O) groups excluding carboxylic acids is 1. The monoisotopic (exact) mass is 429 g/mol. The number of ether oxygens (including phenoxy) is 3. The number of nitro benzene ring substituents is 1. The molecule has 0 spiro atoms. The van der Waals surface area contributed by atoms with E-state index in [1.54, 1.807) is 24.3 Å². The van der Waals surface area contributed by atoms with Crippen LogP contribution < -0.4 is 24.4 Å². The highest BCUT2D eigenvalue weighted by Crippen LogP contribution is 2.40. The lowest BCUT2D eigenvalue weighted by molar-refractivity contribution is -0.384. The van der Waals surface area contributed by atoms with Gasteiger partial charge in [-0.15, -0.1) is 0 Å². The topological polar surface area (TPSA) is 103 Å². The van der Waals surface area contributed by atoms with Gasteiger partial charge in [-0.1, -0.05) is 6.92 Å². The van der Waals surface area contributed by atoms with Crippen molar-refractivity contribution in [2.24, 2.45) is 5.92 Å². The van der Waals surface area contributed by atoms with Gasteiger partial charge < -0.3 is 24.4 Å². The standard InChI is InChI=1S/C22H27N3O6/c1-14-7-9-24(10-8-14)17-6-5-15(11-18(17)25(27)28)22(26)23-16-12-19(29-2)21(31-4)20(13-16)30-3/h5-6,11-14H,7-10H2,1-4H3,(H,23,26). The number of methoxy groups -OCH3 is 3. The molecule has 9 nitrogen and oxygen atoms in total. The van der Waals surface area contributed by atoms with Gasteiger partial charge in [0.1, 0.15) is 5.69 Å². The molecule has 3 rings (SSSR count). The molecule has 0 radical (unpaired) electrons. The molecule has 2 aromatic carbocycles. The zero-order chi connectivity index (χ0) is 22.5. The molecule has 0 bridgehead atoms. The summed E-state index contributed by atoms with van der Waals surface area (Å²) >= 11 is 0. The Hall–Kier alpha value is -3.49. The minimum absolute atomic E-state index is 0.0768. The fraction of sp³-hybridized carbons (Fsp3) is 0.409. The number of nitrogens with zero attached hydrogens (tertiary/aromatic N) is 2. The smallest absolute Gasteiger partial charge is 0.293 e. The molecule has 2 aromatic rings. The number of carbonyl (C=O) groups is 1. The van der Waals surface area contributed by atoms with E-state index in [0.717, 1.165) is 25.9 Å². The predicted molar refractivity (Wildman–Crippen MR) is 118 cm³/mol. The molecule has 0 atom stereocenters. The third-order valence-corrected chi connectivity index (χ3v) is 5.48. The zero-order valence-electron chi connectivity index (χ0n) is 18.1. The van der Waals surface area contributed by atoms with Crippen molar-refractivity contribution in [1.29, 1.82) is 0 Å². The molecule has 166 valence electrons. The first kappa shape index (κ1) is 22.2. The van der Waals surface area contributed by atoms with Gasteiger partial charge in [-0.05, 0) is 30.9 Å². The number of anilines is 2. The van der Waals surface area contributed by atoms with E-state index in [0.29, 0.717) is 34.5 Å². The second kappa shape index (κ2) is 9.55. The molecule has 1 heterocycles. The van der Waals surface area contributed by atoms with Crippen molar-refractivity contribution in [3.8, 4) is 17.2 Å². The van der Waals surface area contributed by atoms with Crippen LogP contribution in [0.3, 0.4) is 0 Å². The lowest BCUT2D eigenvalue weighted by Crippen LogP contribution is -2.33. The van der Waals surface area contributed by atoms with Crippen molar-refractivity contribution in [3.05, 3.63) is 46.0 Å². The summed E-state index contributed by atoms with van der Waals surface area (Å²) in [6, 6.07) is 7.76. The van der Waals surface area contributed by atoms with Gasteiger partial charge in [0.15, 0.2) is 11.5 Å². The number of nitro groups is 1. The second-order valence-electron chi connectivity index (χ2n) is 7.50. The van der Waals surface area contributed by atoms with Gasteiger partial charge in [-0.3, -0.25) is 14.9 Å². The van der Waals surface area contributed by atoms with Crippen LogP contribution in [-0.2, 0) is 0 Å². The van der Waals surface area contributed by atoms with Crippen molar-refractivity contribution < 1.29 is 23.9 Å². The van der Waals surface area contributed by atoms with E-state index in [2.05, 4.69) is 12.2 Å². The van der Waals surface area contributed by atoms with Crippen LogP contribution in [-0.4, -0.2) is 45.2 Å². The fourth-order valence-electron chi connectivity index (χ4n) is 3.68. The number of hydrogen-bond donors (Lipinski definition) is 1. The molecule has 0 aromatic heterocycles. The largest absolute Gasteiger partial charge is 0.493 e. The first-order valence-electron chi connectivity index (χ1n) is 10.0. The Morgan fingerprint density at radius 3 is 2.19 bits per heavy atom. The summed E-state index contributed by atoms with van der Waals surface area (Å²) in [5.41, 5.74) is 1.07. The van der Waals surface area contributed by atoms with Crippen LogP contribution in [0.1, 0.15) is 30.1 Å². The Kier molecular flexibility index (Phi) is 6.84. The zero-order valence-corrected chi connectivity index (χ0v) is 18.1. The maximum absolute atomic E-state index is 12.8. The van der Waals surface area contributed by atoms with E-state index < -0.39 is 10.8 Å². The fourth-order valence-corrected chi connectivity index (χ4v) is 3.68. The van der Waals surface area contributed by atoms with Crippen LogP contribution in [0.15, 0.2) is 30.3 Å². The molecule has 0 unspecified atom stereocenters. The van der Waals surface area contributed by atoms with Gasteiger partial charge in [-0.2, -0.15) is 0 Å². The van der Waals surface area contributed by atoms with E-state index in [9.17, 15) is 14.9 Å². The van der Waals surface area contributed by atoms with Crippen molar-refractivity contribution in [2.75, 3.05) is 44.6 Å². The molecule has 1 N–H and O–H groups in total. The van der Waals surface area contributed by atoms with Gasteiger partial charge in [-0.25, -0.2) is 0 Å². The van der Waals surface area contributed by atoms with Crippen molar-refractivity contribution in [1.82, 2.24) is 0 Å². The summed E-state index contributed by atoms with van der Waals surface area (Å²) < 4.78 is 15.9. The van der Waals surface area contributed by atoms with Crippen LogP contribution in [0.25, 0.3) is 0 Å². The van der Waals surface area contributed by atoms with Crippen LogP contribution in [0.4, 0.5) is 17.1 Å². The molecule has 0 aliphatic carbocycles. The molecule has 1 amide bonds. The highest BCUT2D eigenvalue weighted by atomic mass is 16.6. The van der Waals surface area contributed by atoms with E-state index >= 15 is 0 Å². The minimum Gasteiger partial charge on any atom is -0.493 e. The maximum Gasteiger partial charge on any atom is 0.293 e. The molecule has 1 aliphatic rings. The Morgan fingerprint density at radius 1 is 1.06 bits per heavy atom. The molecule has 0 saturated carbocycles. The van der Waals surface area contributed by atoms with E-state index in [4.69, 9.17) is 14.2 Å². The predicted octanol–water partition coefficient (Wildman–Crippen LogP) is 4.11. The number of amides is 1. The Bertz CT molecular complexity index is 945. The van der Waals surface area contributed by atoms with Gasteiger partial charge in [0.05, 0.1) is 26.3 Å². The number of nitrogens with one attached hydrogen (secondary N) is 1. The normalized spacial score (nSPS) is 14.1. The highest BCUT2D eigenvalue weighted by molar-refractivity contribution is 6.05. The number of rotatable bonds is 7. The molecule has 9 heteroatoms. The Balaban J connectivity index is 1.87. The van der Waals surface area contributed by atoms with Gasteiger partial charge in [0.25, 0.3) is 11.6 Å². The summed E-state index contributed by atoms with van der Waals surface area (Å²) in [5, 5.41) is 14.4. The summed E-state index contributed by atoms with van der Waals surface area (Å²) in [5.74, 6) is 1.31. The third-order valence-electron chi connectivity index (χ3n) is 5.48. The van der Waals surface area contributed by atoms with E-state index in [-0.39, 0.29) is 11.3 Å². The van der Waals surface area contributed by atoms with E-state index in [1.807, 2.05) is 4.90 Å². The van der Waals surface area contributed by atoms with Crippen LogP contribution in [0.2, 0.25) is 0 Å². The maximum atomic E-state index is 12.8. The van der Waals surface area contributed by atoms with Gasteiger partial charge in [0, 0.05) is 42.5 Å². The Morgan fingerprint density at radius 2 is 1.68 bits per heavy atom. The highest BCUT2D eigenvalue weighted by Gasteiger charge is 2.25. The first-order valence-corrected chi connectivity index (χ1v) is 10.0. The number of benzene rings is 2. The molecule has 31 heavy (non-hydrogen) atoms. The molecular weight excluding hydrogens is 402 g/mol. The van der Waals surface area contributed by atoms with Gasteiger partial charge >= 0.3 is 0 Å². The SMILES string of the molecule is COc1cc(NC(=O)c2ccc(N3CCC(C)CC3)c([N+](=O)[O-])c2)cc(OC)c1OC. The van der Waals surface area contributed by atoms with Crippen molar-refractivity contribution in [2.45, 2.75) is 19.8 Å². The minimum atomic E-state index is -0.476. The Labute approximate surface area is 181 Å². The quantitative estimate of drug-likeness (QED) is 0.522. The summed E-state index contributed by atoms with van der Waals surface area (Å²) in [7, 11) is 4.45. The molecule has 1 fully saturated rings. The second-order valence-corrected chi connectivity index (χ2v) is 7.50. The van der Waals surface area contributed by atoms with Crippen LogP contribution in [0, 0.1) is 16.0 Å². The number of piperidine rings is 1. The van der Waals surface area contributed by atoms with Crippen LogP contribution in [0.5, 0.6) is 17.2 Å². The molecule has 1 aliphatic heterocycles. The van der Waals surface area contributed by atoms with E-state index in [1.165, 1.54) is 27.4 Å². The average molecular weight is 429 g/mol. The third kappa shape index (κ3) is 4.82. The van der Waals surface area contributed by atoms with Gasteiger partial charge in [0.2, 0.25) is 5.75 Å². The molecular formula is C22H27N3O6. The van der Waals surface area contributed by atoms with Crippen molar-refractivity contribution in [3.63, 3.8) is 0 Å². The first-order chi connectivity index (χ1) is 14.9. The number of hydrogen-bond acceptors (Lipinski definition) is 7. The van der Waals surface area contributed by atoms with Crippen LogP contribution >= 0.6 is 0 Å². The summed E-state index contributed by atoms with van der Waals surface area (Å²) in [6.45, 7) is 3.71. The average Bonchev–Trinajstić information content (AvgIpc) is 2.78. The van der Waals surface area contributed by atoms with Crippen molar-refractivity contribution >= 4 is 23.0 Å². The summed E-state index contributed by atoms with van der Waals surface area (Å²) in [6.07, 6.45) is 1.97.